The molecule has 0 radical (unpaired) electrons. The van der Waals surface area contributed by atoms with Crippen molar-refractivity contribution in [1.29, 1.82) is 0 Å². The lowest BCUT2D eigenvalue weighted by Gasteiger charge is -2.19. The van der Waals surface area contributed by atoms with E-state index < -0.39 is 0 Å². The van der Waals surface area contributed by atoms with Crippen molar-refractivity contribution in [3.63, 3.8) is 0 Å². The fourth-order valence-electron chi connectivity index (χ4n) is 4.06. The van der Waals surface area contributed by atoms with E-state index in [1.807, 2.05) is 96.4 Å². The molecule has 32 heavy (non-hydrogen) atoms. The Morgan fingerprint density at radius 1 is 0.812 bits per heavy atom. The molecule has 2 aromatic heterocycles. The third-order valence-electron chi connectivity index (χ3n) is 5.51. The zero-order valence-corrected chi connectivity index (χ0v) is 17.8. The van der Waals surface area contributed by atoms with Gasteiger partial charge in [-0.2, -0.15) is 0 Å². The largest absolute Gasteiger partial charge is 0.341 e. The van der Waals surface area contributed by atoms with Gasteiger partial charge in [-0.05, 0) is 48.4 Å². The summed E-state index contributed by atoms with van der Waals surface area (Å²) in [6.45, 7) is 1.99. The van der Waals surface area contributed by atoms with Crippen LogP contribution >= 0.6 is 0 Å². The van der Waals surface area contributed by atoms with Crippen molar-refractivity contribution in [2.45, 2.75) is 13.3 Å². The number of aromatic nitrogens is 2. The Balaban J connectivity index is 1.75. The molecule has 2 heterocycles. The molecule has 4 heteroatoms. The smallest absolute Gasteiger partial charge is 0.193 e. The standard InChI is InChI=1S/C28H23N3O/c1-20-17-23(18-21-11-5-2-6-12-21)30-28-27(20)25(32)19-26(29-22-13-7-3-8-14-22)31(28)24-15-9-4-10-16-24/h2-17,19,29H,18H2,1H3. The minimum Gasteiger partial charge on any atom is -0.341 e. The highest BCUT2D eigenvalue weighted by Crippen LogP contribution is 2.26. The van der Waals surface area contributed by atoms with E-state index in [4.69, 9.17) is 4.98 Å². The summed E-state index contributed by atoms with van der Waals surface area (Å²) < 4.78 is 2.03. The Hall–Kier alpha value is -4.18. The number of pyridine rings is 2. The van der Waals surface area contributed by atoms with Gasteiger partial charge in [0.25, 0.3) is 0 Å². The van der Waals surface area contributed by atoms with Gasteiger partial charge in [-0.15, -0.1) is 0 Å². The predicted octanol–water partition coefficient (Wildman–Crippen LogP) is 6.03. The van der Waals surface area contributed by atoms with E-state index in [0.29, 0.717) is 23.3 Å². The van der Waals surface area contributed by atoms with Crippen molar-refractivity contribution < 1.29 is 0 Å². The van der Waals surface area contributed by atoms with Crippen LogP contribution in [-0.4, -0.2) is 9.55 Å². The molecule has 3 aromatic carbocycles. The highest BCUT2D eigenvalue weighted by Gasteiger charge is 2.16. The summed E-state index contributed by atoms with van der Waals surface area (Å²) in [4.78, 5) is 18.2. The third kappa shape index (κ3) is 3.91. The van der Waals surface area contributed by atoms with Gasteiger partial charge in [-0.1, -0.05) is 66.7 Å². The van der Waals surface area contributed by atoms with Gasteiger partial charge in [0, 0.05) is 29.6 Å². The first-order valence-corrected chi connectivity index (χ1v) is 10.7. The molecule has 0 saturated carbocycles. The predicted molar refractivity (Wildman–Crippen MR) is 131 cm³/mol. The van der Waals surface area contributed by atoms with E-state index >= 15 is 0 Å². The molecule has 156 valence electrons. The van der Waals surface area contributed by atoms with Crippen LogP contribution in [0.2, 0.25) is 0 Å². The van der Waals surface area contributed by atoms with Crippen molar-refractivity contribution in [1.82, 2.24) is 9.55 Å². The molecule has 0 bridgehead atoms. The first kappa shape index (κ1) is 19.8. The second kappa shape index (κ2) is 8.52. The summed E-state index contributed by atoms with van der Waals surface area (Å²) in [6.07, 6.45) is 0.705. The summed E-state index contributed by atoms with van der Waals surface area (Å²) in [6, 6.07) is 33.8. The molecule has 0 atom stereocenters. The van der Waals surface area contributed by atoms with Crippen LogP contribution in [0.1, 0.15) is 16.8 Å². The van der Waals surface area contributed by atoms with Crippen LogP contribution in [-0.2, 0) is 6.42 Å². The van der Waals surface area contributed by atoms with Gasteiger partial charge < -0.3 is 5.32 Å². The van der Waals surface area contributed by atoms with E-state index in [9.17, 15) is 4.79 Å². The quantitative estimate of drug-likeness (QED) is 0.380. The summed E-state index contributed by atoms with van der Waals surface area (Å²) in [5.74, 6) is 0.684. The van der Waals surface area contributed by atoms with Crippen molar-refractivity contribution in [3.8, 4) is 5.69 Å². The van der Waals surface area contributed by atoms with Crippen LogP contribution in [0.15, 0.2) is 108 Å². The van der Waals surface area contributed by atoms with E-state index in [1.165, 1.54) is 5.56 Å². The fraction of sp³-hybridized carbons (Fsp3) is 0.0714. The van der Waals surface area contributed by atoms with Crippen molar-refractivity contribution in [2.24, 2.45) is 0 Å². The summed E-state index contributed by atoms with van der Waals surface area (Å²) in [5, 5.41) is 4.06. The lowest BCUT2D eigenvalue weighted by Crippen LogP contribution is -2.15. The maximum atomic E-state index is 13.2. The van der Waals surface area contributed by atoms with Crippen LogP contribution in [0, 0.1) is 6.92 Å². The number of nitrogens with one attached hydrogen (secondary N) is 1. The van der Waals surface area contributed by atoms with Gasteiger partial charge in [0.2, 0.25) is 0 Å². The molecule has 5 rings (SSSR count). The van der Waals surface area contributed by atoms with Crippen LogP contribution in [0.3, 0.4) is 0 Å². The molecule has 0 fully saturated rings. The molecule has 0 unspecified atom stereocenters. The summed E-state index contributed by atoms with van der Waals surface area (Å²) in [7, 11) is 0. The number of anilines is 2. The van der Waals surface area contributed by atoms with Crippen molar-refractivity contribution in [3.05, 3.63) is 130 Å². The molecular weight excluding hydrogens is 394 g/mol. The van der Waals surface area contributed by atoms with Gasteiger partial charge in [-0.25, -0.2) is 4.98 Å². The van der Waals surface area contributed by atoms with Gasteiger partial charge in [0.15, 0.2) is 11.1 Å². The maximum Gasteiger partial charge on any atom is 0.193 e. The minimum absolute atomic E-state index is 0.0399. The zero-order valence-electron chi connectivity index (χ0n) is 17.8. The molecule has 0 spiro atoms. The second-order valence-electron chi connectivity index (χ2n) is 7.85. The monoisotopic (exact) mass is 417 g/mol. The Bertz CT molecular complexity index is 1430. The van der Waals surface area contributed by atoms with Crippen molar-refractivity contribution in [2.75, 3.05) is 5.32 Å². The van der Waals surface area contributed by atoms with Crippen LogP contribution < -0.4 is 10.7 Å². The number of fused-ring (bicyclic) bond motifs is 1. The van der Waals surface area contributed by atoms with Crippen LogP contribution in [0.4, 0.5) is 11.5 Å². The zero-order chi connectivity index (χ0) is 21.9. The molecule has 0 aliphatic rings. The molecular formula is C28H23N3O. The van der Waals surface area contributed by atoms with Gasteiger partial charge in [-0.3, -0.25) is 9.36 Å². The number of hydrogen-bond acceptors (Lipinski definition) is 3. The summed E-state index contributed by atoms with van der Waals surface area (Å²) >= 11 is 0. The topological polar surface area (TPSA) is 46.9 Å². The minimum atomic E-state index is -0.0399. The first-order chi connectivity index (χ1) is 15.7. The molecule has 0 aliphatic heterocycles. The fourth-order valence-corrected chi connectivity index (χ4v) is 4.06. The highest BCUT2D eigenvalue weighted by atomic mass is 16.1. The van der Waals surface area contributed by atoms with E-state index in [2.05, 4.69) is 17.4 Å². The third-order valence-corrected chi connectivity index (χ3v) is 5.51. The number of nitrogens with zero attached hydrogens (tertiary/aromatic N) is 2. The average Bonchev–Trinajstić information content (AvgIpc) is 2.81. The highest BCUT2D eigenvalue weighted by molar-refractivity contribution is 5.84. The van der Waals surface area contributed by atoms with Gasteiger partial charge in [0.1, 0.15) is 5.82 Å². The summed E-state index contributed by atoms with van der Waals surface area (Å²) in [5.41, 5.74) is 5.53. The van der Waals surface area contributed by atoms with E-state index in [-0.39, 0.29) is 5.43 Å². The Labute approximate surface area is 186 Å². The maximum absolute atomic E-state index is 13.2. The van der Waals surface area contributed by atoms with Crippen LogP contribution in [0.25, 0.3) is 16.7 Å². The molecule has 5 aromatic rings. The normalized spacial score (nSPS) is 10.9. The van der Waals surface area contributed by atoms with E-state index in [1.54, 1.807) is 6.07 Å². The van der Waals surface area contributed by atoms with Crippen molar-refractivity contribution >= 4 is 22.5 Å². The van der Waals surface area contributed by atoms with Gasteiger partial charge in [0.05, 0.1) is 5.39 Å². The lowest BCUT2D eigenvalue weighted by atomic mass is 10.1. The number of hydrogen-bond donors (Lipinski definition) is 1. The van der Waals surface area contributed by atoms with E-state index in [0.717, 1.165) is 22.6 Å². The Morgan fingerprint density at radius 3 is 2.12 bits per heavy atom. The number of para-hydroxylation sites is 2. The number of benzene rings is 3. The second-order valence-corrected chi connectivity index (χ2v) is 7.85. The first-order valence-electron chi connectivity index (χ1n) is 10.7. The number of aryl methyl sites for hydroxylation is 1. The SMILES string of the molecule is Cc1cc(Cc2ccccc2)nc2c1c(=O)cc(Nc1ccccc1)n2-c1ccccc1. The molecule has 4 nitrogen and oxygen atoms in total. The van der Waals surface area contributed by atoms with Gasteiger partial charge >= 0.3 is 0 Å². The Kier molecular flexibility index (Phi) is 5.26. The van der Waals surface area contributed by atoms with Crippen LogP contribution in [0.5, 0.6) is 0 Å². The lowest BCUT2D eigenvalue weighted by molar-refractivity contribution is 1.02. The Morgan fingerprint density at radius 2 is 1.44 bits per heavy atom. The molecule has 0 aliphatic carbocycles. The molecule has 0 amide bonds. The average molecular weight is 418 g/mol. The molecule has 1 N–H and O–H groups in total. The molecule has 0 saturated heterocycles. The number of rotatable bonds is 5.